The van der Waals surface area contributed by atoms with Gasteiger partial charge in [-0.15, -0.1) is 21.5 Å². The summed E-state index contributed by atoms with van der Waals surface area (Å²) in [4.78, 5) is 8.91. The number of thiazole rings is 1. The smallest absolute Gasteiger partial charge is 0.196 e. The molecule has 0 radical (unpaired) electrons. The van der Waals surface area contributed by atoms with E-state index in [0.717, 1.165) is 44.2 Å². The minimum absolute atomic E-state index is 0.675. The van der Waals surface area contributed by atoms with E-state index in [1.165, 1.54) is 0 Å². The molecule has 0 amide bonds. The van der Waals surface area contributed by atoms with E-state index in [2.05, 4.69) is 20.6 Å². The second-order valence-corrected chi connectivity index (χ2v) is 9.25. The zero-order valence-corrected chi connectivity index (χ0v) is 19.9. The molecule has 0 aliphatic heterocycles. The van der Waals surface area contributed by atoms with Gasteiger partial charge >= 0.3 is 0 Å². The summed E-state index contributed by atoms with van der Waals surface area (Å²) in [5.74, 6) is 2.26. The molecule has 5 aromatic rings. The Bertz CT molecular complexity index is 1350. The lowest BCUT2D eigenvalue weighted by Crippen LogP contribution is -2.00. The van der Waals surface area contributed by atoms with Crippen molar-refractivity contribution in [2.75, 3.05) is 7.11 Å². The van der Waals surface area contributed by atoms with Crippen LogP contribution >= 0.6 is 34.7 Å². The molecule has 2 aromatic carbocycles. The van der Waals surface area contributed by atoms with Crippen molar-refractivity contribution in [1.82, 2.24) is 24.7 Å². The Hall–Kier alpha value is -3.20. The minimum atomic E-state index is 0.675. The summed E-state index contributed by atoms with van der Waals surface area (Å²) < 4.78 is 7.27. The second kappa shape index (κ2) is 9.74. The number of rotatable bonds is 7. The summed E-state index contributed by atoms with van der Waals surface area (Å²) in [6, 6.07) is 19.4. The number of hydrogen-bond donors (Lipinski definition) is 0. The van der Waals surface area contributed by atoms with Crippen LogP contribution in [0.15, 0.2) is 83.6 Å². The molecule has 164 valence electrons. The van der Waals surface area contributed by atoms with Crippen molar-refractivity contribution in [2.24, 2.45) is 0 Å². The third-order valence-corrected chi connectivity index (χ3v) is 7.05. The third kappa shape index (κ3) is 4.78. The maximum atomic E-state index is 6.11. The first-order valence-corrected chi connectivity index (χ1v) is 12.3. The van der Waals surface area contributed by atoms with Crippen molar-refractivity contribution in [3.63, 3.8) is 0 Å². The molecule has 0 saturated heterocycles. The number of thioether (sulfide) groups is 1. The van der Waals surface area contributed by atoms with E-state index in [-0.39, 0.29) is 0 Å². The SMILES string of the molecule is COc1ccc(-c2nc(CSc3nnc(-c4ccncc4)n3-c3ccc(Cl)cc3)cs2)cc1. The van der Waals surface area contributed by atoms with Gasteiger partial charge in [-0.3, -0.25) is 9.55 Å². The fourth-order valence-corrected chi connectivity index (χ4v) is 5.15. The van der Waals surface area contributed by atoms with Gasteiger partial charge in [-0.25, -0.2) is 4.98 Å². The van der Waals surface area contributed by atoms with Crippen molar-refractivity contribution >= 4 is 34.7 Å². The topological polar surface area (TPSA) is 65.7 Å². The molecule has 0 fully saturated rings. The van der Waals surface area contributed by atoms with Crippen LogP contribution in [0.25, 0.3) is 27.6 Å². The third-order valence-electron chi connectivity index (χ3n) is 4.89. The summed E-state index contributed by atoms with van der Waals surface area (Å²) in [7, 11) is 1.66. The van der Waals surface area contributed by atoms with E-state index in [1.54, 1.807) is 42.6 Å². The lowest BCUT2D eigenvalue weighted by atomic mass is 10.2. The van der Waals surface area contributed by atoms with Gasteiger partial charge in [-0.2, -0.15) is 0 Å². The van der Waals surface area contributed by atoms with Crippen molar-refractivity contribution < 1.29 is 4.74 Å². The molecule has 0 N–H and O–H groups in total. The average Bonchev–Trinajstić information content (AvgIpc) is 3.51. The maximum Gasteiger partial charge on any atom is 0.196 e. The standard InChI is InChI=1S/C24H18ClN5OS2/c1-31-21-8-2-17(3-9-21)23-27-19(14-32-23)15-33-24-29-28-22(16-10-12-26-13-11-16)30(24)20-6-4-18(25)5-7-20/h2-14H,15H2,1H3. The average molecular weight is 492 g/mol. The summed E-state index contributed by atoms with van der Waals surface area (Å²) in [5, 5.41) is 13.5. The highest BCUT2D eigenvalue weighted by Crippen LogP contribution is 2.32. The van der Waals surface area contributed by atoms with E-state index >= 15 is 0 Å². The fraction of sp³-hybridized carbons (Fsp3) is 0.0833. The van der Waals surface area contributed by atoms with Crippen LogP contribution in [-0.2, 0) is 5.75 Å². The van der Waals surface area contributed by atoms with Crippen molar-refractivity contribution in [3.8, 4) is 33.4 Å². The number of aromatic nitrogens is 5. The molecule has 33 heavy (non-hydrogen) atoms. The van der Waals surface area contributed by atoms with Crippen LogP contribution < -0.4 is 4.74 Å². The summed E-state index contributed by atoms with van der Waals surface area (Å²) in [6.45, 7) is 0. The van der Waals surface area contributed by atoms with Gasteiger partial charge in [-0.1, -0.05) is 23.4 Å². The first kappa shape index (κ1) is 21.6. The molecule has 6 nitrogen and oxygen atoms in total. The van der Waals surface area contributed by atoms with Crippen molar-refractivity contribution in [1.29, 1.82) is 0 Å². The quantitative estimate of drug-likeness (QED) is 0.245. The predicted molar refractivity (Wildman–Crippen MR) is 133 cm³/mol. The molecule has 9 heteroatoms. The number of methoxy groups -OCH3 is 1. The first-order chi connectivity index (χ1) is 16.2. The van der Waals surface area contributed by atoms with Gasteiger partial charge in [0.1, 0.15) is 10.8 Å². The monoisotopic (exact) mass is 491 g/mol. The van der Waals surface area contributed by atoms with Gasteiger partial charge in [-0.05, 0) is 60.7 Å². The molecule has 5 rings (SSSR count). The maximum absolute atomic E-state index is 6.11. The Morgan fingerprint density at radius 1 is 0.939 bits per heavy atom. The van der Waals surface area contributed by atoms with Crippen LogP contribution in [0.5, 0.6) is 5.75 Å². The van der Waals surface area contributed by atoms with E-state index in [9.17, 15) is 0 Å². The number of ether oxygens (including phenoxy) is 1. The molecular weight excluding hydrogens is 474 g/mol. The van der Waals surface area contributed by atoms with Gasteiger partial charge in [0.2, 0.25) is 0 Å². The highest BCUT2D eigenvalue weighted by atomic mass is 35.5. The lowest BCUT2D eigenvalue weighted by Gasteiger charge is -2.10. The van der Waals surface area contributed by atoms with E-state index in [4.69, 9.17) is 21.3 Å². The fourth-order valence-electron chi connectivity index (χ4n) is 3.25. The Kier molecular flexibility index (Phi) is 6.39. The largest absolute Gasteiger partial charge is 0.497 e. The zero-order valence-electron chi connectivity index (χ0n) is 17.6. The summed E-state index contributed by atoms with van der Waals surface area (Å²) in [6.07, 6.45) is 3.50. The summed E-state index contributed by atoms with van der Waals surface area (Å²) in [5.41, 5.74) is 3.94. The van der Waals surface area contributed by atoms with E-state index in [0.29, 0.717) is 10.8 Å². The van der Waals surface area contributed by atoms with Gasteiger partial charge < -0.3 is 4.74 Å². The second-order valence-electron chi connectivity index (χ2n) is 7.02. The molecule has 0 atom stereocenters. The molecule has 3 heterocycles. The van der Waals surface area contributed by atoms with Crippen LogP contribution in [0.4, 0.5) is 0 Å². The number of nitrogens with zero attached hydrogens (tertiary/aromatic N) is 5. The molecule has 0 aliphatic rings. The number of halogens is 1. The zero-order chi connectivity index (χ0) is 22.6. The minimum Gasteiger partial charge on any atom is -0.497 e. The lowest BCUT2D eigenvalue weighted by molar-refractivity contribution is 0.415. The van der Waals surface area contributed by atoms with Crippen LogP contribution in [0.3, 0.4) is 0 Å². The molecule has 0 spiro atoms. The Labute approximate surface area is 204 Å². The van der Waals surface area contributed by atoms with Gasteiger partial charge in [0, 0.05) is 45.4 Å². The van der Waals surface area contributed by atoms with Gasteiger partial charge in [0.05, 0.1) is 12.8 Å². The Balaban J connectivity index is 1.41. The van der Waals surface area contributed by atoms with Crippen LogP contribution in [0.1, 0.15) is 5.69 Å². The highest BCUT2D eigenvalue weighted by Gasteiger charge is 2.17. The van der Waals surface area contributed by atoms with E-state index in [1.807, 2.05) is 65.2 Å². The molecule has 3 aromatic heterocycles. The number of pyridine rings is 1. The van der Waals surface area contributed by atoms with Crippen LogP contribution in [0, 0.1) is 0 Å². The van der Waals surface area contributed by atoms with Gasteiger partial charge in [0.25, 0.3) is 0 Å². The first-order valence-electron chi connectivity index (χ1n) is 10.0. The molecule has 0 saturated carbocycles. The molecule has 0 bridgehead atoms. The van der Waals surface area contributed by atoms with E-state index < -0.39 is 0 Å². The number of benzene rings is 2. The summed E-state index contributed by atoms with van der Waals surface area (Å²) >= 11 is 9.33. The Morgan fingerprint density at radius 3 is 2.42 bits per heavy atom. The van der Waals surface area contributed by atoms with Gasteiger partial charge in [0.15, 0.2) is 11.0 Å². The molecule has 0 aliphatic carbocycles. The van der Waals surface area contributed by atoms with Crippen molar-refractivity contribution in [3.05, 3.63) is 89.2 Å². The Morgan fingerprint density at radius 2 is 1.70 bits per heavy atom. The number of hydrogen-bond acceptors (Lipinski definition) is 7. The van der Waals surface area contributed by atoms with Crippen LogP contribution in [-0.4, -0.2) is 31.8 Å². The van der Waals surface area contributed by atoms with Crippen LogP contribution in [0.2, 0.25) is 5.02 Å². The predicted octanol–water partition coefficient (Wildman–Crippen LogP) is 6.41. The highest BCUT2D eigenvalue weighted by molar-refractivity contribution is 7.98. The molecule has 0 unspecified atom stereocenters. The normalized spacial score (nSPS) is 11.0. The molecular formula is C24H18ClN5OS2. The van der Waals surface area contributed by atoms with Crippen molar-refractivity contribution in [2.45, 2.75) is 10.9 Å².